The van der Waals surface area contributed by atoms with Crippen LogP contribution in [0.4, 0.5) is 4.39 Å². The predicted octanol–water partition coefficient (Wildman–Crippen LogP) is 3.25. The molecule has 4 rings (SSSR count). The maximum Gasteiger partial charge on any atom is 0.327 e. The van der Waals surface area contributed by atoms with Gasteiger partial charge >= 0.3 is 5.97 Å². The van der Waals surface area contributed by atoms with Gasteiger partial charge in [0, 0.05) is 19.3 Å². The molecule has 6 nitrogen and oxygen atoms in total. The van der Waals surface area contributed by atoms with Gasteiger partial charge in [0.05, 0.1) is 0 Å². The maximum atomic E-state index is 13.6. The Bertz CT molecular complexity index is 1180. The minimum absolute atomic E-state index is 0.0212. The third kappa shape index (κ3) is 4.62. The number of hydrogen-bond donors (Lipinski definition) is 3. The van der Waals surface area contributed by atoms with Crippen molar-refractivity contribution < 1.29 is 23.9 Å². The number of carbonyl (C=O) groups is 3. The largest absolute Gasteiger partial charge is 0.480 e. The standard InChI is InChI=1S/C26H23FN2O4/c1-15(30)28-22(14-16-7-6-8-17(27)13-16)25(31)29-24(26(32)33)23-20-11-4-2-9-18(20)19-10-3-5-12-21(19)23/h2-13,22-24H,14H2,1H3,(H,28,30)(H,29,31)(H,32,33)/t22-,24-/m0/s1. The second-order valence-electron chi connectivity index (χ2n) is 8.06. The average Bonchev–Trinajstić information content (AvgIpc) is 3.11. The van der Waals surface area contributed by atoms with Gasteiger partial charge in [-0.05, 0) is 39.9 Å². The third-order valence-corrected chi connectivity index (χ3v) is 5.80. The second kappa shape index (κ2) is 9.24. The van der Waals surface area contributed by atoms with Gasteiger partial charge in [0.25, 0.3) is 0 Å². The fourth-order valence-corrected chi connectivity index (χ4v) is 4.45. The van der Waals surface area contributed by atoms with E-state index >= 15 is 0 Å². The van der Waals surface area contributed by atoms with Crippen LogP contribution in [0.25, 0.3) is 11.1 Å². The van der Waals surface area contributed by atoms with Gasteiger partial charge in [-0.3, -0.25) is 9.59 Å². The molecule has 0 saturated carbocycles. The number of rotatable bonds is 7. The van der Waals surface area contributed by atoms with Gasteiger partial charge in [-0.25, -0.2) is 9.18 Å². The number of halogens is 1. The lowest BCUT2D eigenvalue weighted by molar-refractivity contribution is -0.142. The molecule has 3 aromatic rings. The van der Waals surface area contributed by atoms with E-state index in [4.69, 9.17) is 0 Å². The lowest BCUT2D eigenvalue weighted by Gasteiger charge is -2.26. The minimum Gasteiger partial charge on any atom is -0.480 e. The summed E-state index contributed by atoms with van der Waals surface area (Å²) in [5.74, 6) is -3.34. The summed E-state index contributed by atoms with van der Waals surface area (Å²) in [6.45, 7) is 1.27. The number of hydrogen-bond acceptors (Lipinski definition) is 3. The van der Waals surface area contributed by atoms with Crippen molar-refractivity contribution in [3.63, 3.8) is 0 Å². The number of amides is 2. The second-order valence-corrected chi connectivity index (χ2v) is 8.06. The maximum absolute atomic E-state index is 13.6. The van der Waals surface area contributed by atoms with E-state index in [-0.39, 0.29) is 6.42 Å². The first-order chi connectivity index (χ1) is 15.8. The number of carboxylic acids is 1. The molecule has 0 aromatic heterocycles. The fraction of sp³-hybridized carbons (Fsp3) is 0.192. The van der Waals surface area contributed by atoms with Crippen LogP contribution in [0.3, 0.4) is 0 Å². The molecule has 168 valence electrons. The Morgan fingerprint density at radius 3 is 2.06 bits per heavy atom. The smallest absolute Gasteiger partial charge is 0.327 e. The zero-order chi connectivity index (χ0) is 23.5. The Kier molecular flexibility index (Phi) is 6.22. The molecule has 2 atom stereocenters. The van der Waals surface area contributed by atoms with Crippen LogP contribution in [0.1, 0.15) is 29.5 Å². The number of carbonyl (C=O) groups excluding carboxylic acids is 2. The topological polar surface area (TPSA) is 95.5 Å². The Hall–Kier alpha value is -4.00. The predicted molar refractivity (Wildman–Crippen MR) is 121 cm³/mol. The molecule has 7 heteroatoms. The number of nitrogens with one attached hydrogen (secondary N) is 2. The highest BCUT2D eigenvalue weighted by atomic mass is 19.1. The van der Waals surface area contributed by atoms with Crippen LogP contribution in [0.5, 0.6) is 0 Å². The summed E-state index contributed by atoms with van der Waals surface area (Å²) in [7, 11) is 0. The van der Waals surface area contributed by atoms with E-state index in [1.54, 1.807) is 6.07 Å². The van der Waals surface area contributed by atoms with Gasteiger partial charge in [-0.1, -0.05) is 60.7 Å². The Labute approximate surface area is 190 Å². The molecule has 0 unspecified atom stereocenters. The molecular weight excluding hydrogens is 423 g/mol. The summed E-state index contributed by atoms with van der Waals surface area (Å²) >= 11 is 0. The van der Waals surface area contributed by atoms with Crippen LogP contribution in [-0.2, 0) is 20.8 Å². The van der Waals surface area contributed by atoms with Crippen molar-refractivity contribution in [2.24, 2.45) is 0 Å². The molecule has 2 amide bonds. The van der Waals surface area contributed by atoms with Crippen LogP contribution in [-0.4, -0.2) is 35.0 Å². The summed E-state index contributed by atoms with van der Waals surface area (Å²) in [5, 5.41) is 15.3. The van der Waals surface area contributed by atoms with Crippen LogP contribution in [0.15, 0.2) is 72.8 Å². The number of fused-ring (bicyclic) bond motifs is 3. The highest BCUT2D eigenvalue weighted by molar-refractivity contribution is 5.92. The summed E-state index contributed by atoms with van der Waals surface area (Å²) in [5.41, 5.74) is 3.99. The molecule has 0 bridgehead atoms. The molecular formula is C26H23FN2O4. The Balaban J connectivity index is 1.65. The van der Waals surface area contributed by atoms with Gasteiger partial charge in [0.1, 0.15) is 17.9 Å². The molecule has 1 aliphatic rings. The van der Waals surface area contributed by atoms with Crippen molar-refractivity contribution in [2.45, 2.75) is 31.3 Å². The third-order valence-electron chi connectivity index (χ3n) is 5.80. The summed E-state index contributed by atoms with van der Waals surface area (Å²) in [6.07, 6.45) is 0.0212. The van der Waals surface area contributed by atoms with Gasteiger partial charge < -0.3 is 15.7 Å². The van der Waals surface area contributed by atoms with Crippen LogP contribution in [0, 0.1) is 5.82 Å². The van der Waals surface area contributed by atoms with E-state index in [0.29, 0.717) is 5.56 Å². The summed E-state index contributed by atoms with van der Waals surface area (Å²) in [4.78, 5) is 37.3. The number of aliphatic carboxylic acids is 1. The van der Waals surface area contributed by atoms with Crippen molar-refractivity contribution in [1.82, 2.24) is 10.6 Å². The molecule has 0 fully saturated rings. The molecule has 0 radical (unpaired) electrons. The molecule has 33 heavy (non-hydrogen) atoms. The van der Waals surface area contributed by atoms with E-state index in [1.165, 1.54) is 25.1 Å². The first-order valence-electron chi connectivity index (χ1n) is 10.6. The van der Waals surface area contributed by atoms with E-state index in [2.05, 4.69) is 10.6 Å². The first-order valence-corrected chi connectivity index (χ1v) is 10.6. The van der Waals surface area contributed by atoms with E-state index in [1.807, 2.05) is 48.5 Å². The van der Waals surface area contributed by atoms with Gasteiger partial charge in [0.15, 0.2) is 0 Å². The Morgan fingerprint density at radius 2 is 1.52 bits per heavy atom. The molecule has 0 spiro atoms. The van der Waals surface area contributed by atoms with Crippen molar-refractivity contribution in [3.8, 4) is 11.1 Å². The molecule has 3 aromatic carbocycles. The molecule has 0 aliphatic heterocycles. The van der Waals surface area contributed by atoms with E-state index < -0.39 is 41.6 Å². The fourth-order valence-electron chi connectivity index (χ4n) is 4.45. The lowest BCUT2D eigenvalue weighted by atomic mass is 9.89. The Morgan fingerprint density at radius 1 is 0.909 bits per heavy atom. The number of benzene rings is 3. The van der Waals surface area contributed by atoms with E-state index in [9.17, 15) is 23.9 Å². The highest BCUT2D eigenvalue weighted by Crippen LogP contribution is 2.46. The lowest BCUT2D eigenvalue weighted by Crippen LogP contribution is -2.53. The van der Waals surface area contributed by atoms with Gasteiger partial charge in [-0.15, -0.1) is 0 Å². The minimum atomic E-state index is -1.26. The zero-order valence-electron chi connectivity index (χ0n) is 17.9. The summed E-state index contributed by atoms with van der Waals surface area (Å²) < 4.78 is 13.6. The first kappa shape index (κ1) is 22.2. The average molecular weight is 446 g/mol. The summed E-state index contributed by atoms with van der Waals surface area (Å²) in [6, 6.07) is 18.4. The molecule has 1 aliphatic carbocycles. The van der Waals surface area contributed by atoms with Gasteiger partial charge in [-0.2, -0.15) is 0 Å². The molecule has 0 saturated heterocycles. The molecule has 0 heterocycles. The van der Waals surface area contributed by atoms with Crippen molar-refractivity contribution in [3.05, 3.63) is 95.3 Å². The normalized spacial score (nSPS) is 14.0. The van der Waals surface area contributed by atoms with E-state index in [0.717, 1.165) is 22.3 Å². The van der Waals surface area contributed by atoms with Crippen molar-refractivity contribution in [2.75, 3.05) is 0 Å². The van der Waals surface area contributed by atoms with Crippen LogP contribution < -0.4 is 10.6 Å². The number of carboxylic acid groups (broad SMARTS) is 1. The molecule has 3 N–H and O–H groups in total. The van der Waals surface area contributed by atoms with Gasteiger partial charge in [0.2, 0.25) is 11.8 Å². The zero-order valence-corrected chi connectivity index (χ0v) is 17.9. The van der Waals surface area contributed by atoms with Crippen LogP contribution >= 0.6 is 0 Å². The monoisotopic (exact) mass is 446 g/mol. The van der Waals surface area contributed by atoms with Crippen molar-refractivity contribution >= 4 is 17.8 Å². The van der Waals surface area contributed by atoms with Crippen LogP contribution in [0.2, 0.25) is 0 Å². The SMILES string of the molecule is CC(=O)N[C@@H](Cc1cccc(F)c1)C(=O)N[C@H](C(=O)O)C1c2ccccc2-c2ccccc21. The quantitative estimate of drug-likeness (QED) is 0.519. The van der Waals surface area contributed by atoms with Crippen molar-refractivity contribution in [1.29, 1.82) is 0 Å². The highest BCUT2D eigenvalue weighted by Gasteiger charge is 2.39.